The molecule has 0 saturated heterocycles. The number of hydrogen-bond acceptors (Lipinski definition) is 12. The quantitative estimate of drug-likeness (QED) is 0.0220. The molecule has 60 heavy (non-hydrogen) atoms. The van der Waals surface area contributed by atoms with Crippen molar-refractivity contribution in [1.82, 2.24) is 0 Å². The summed E-state index contributed by atoms with van der Waals surface area (Å²) in [5.41, 5.74) is 4.40. The highest BCUT2D eigenvalue weighted by Gasteiger charge is 2.05. The van der Waals surface area contributed by atoms with E-state index in [4.69, 9.17) is 23.7 Å². The summed E-state index contributed by atoms with van der Waals surface area (Å²) in [5, 5.41) is 0. The smallest absolute Gasteiger partial charge is 0.337 e. The molecule has 0 radical (unpaired) electrons. The van der Waals surface area contributed by atoms with E-state index in [0.29, 0.717) is 37.6 Å². The van der Waals surface area contributed by atoms with Gasteiger partial charge in [-0.1, -0.05) is 51.0 Å². The van der Waals surface area contributed by atoms with Crippen LogP contribution in [0.5, 0.6) is 11.5 Å². The minimum atomic E-state index is -0.405. The second kappa shape index (κ2) is 28.6. The van der Waals surface area contributed by atoms with Gasteiger partial charge >= 0.3 is 23.9 Å². The molecule has 4 aromatic rings. The standard InChI is InChI=1S/C26H31NO5.C22H23NO5/c1-3-25(28)32-19-9-7-5-4-6-8-18-31-24-16-14-23(15-17-24)27-20-21-10-12-22(13-11-21)26(29)30-2;1-3-21(24)28-15-5-4-14-27-20-12-6-17(7-13-20)16-23-19-10-8-18(9-11-19)22(25)26-2/h3,10-17,20H,1,4-9,18-19H2,2H3;3,6-13,16H,1,4-5,14-15H2,2H3. The Morgan fingerprint density at radius 2 is 0.800 bits per heavy atom. The number of aliphatic imine (C=N–C) groups is 2. The van der Waals surface area contributed by atoms with Crippen LogP contribution in [0.1, 0.15) is 83.2 Å². The summed E-state index contributed by atoms with van der Waals surface area (Å²) in [6.07, 6.45) is 13.7. The van der Waals surface area contributed by atoms with E-state index in [-0.39, 0.29) is 17.9 Å². The van der Waals surface area contributed by atoms with Gasteiger partial charge in [-0.25, -0.2) is 19.2 Å². The Hall–Kier alpha value is -6.82. The van der Waals surface area contributed by atoms with E-state index in [9.17, 15) is 19.2 Å². The molecule has 4 rings (SSSR count). The van der Waals surface area contributed by atoms with Gasteiger partial charge in [0, 0.05) is 24.6 Å². The molecule has 316 valence electrons. The van der Waals surface area contributed by atoms with Crippen LogP contribution in [0.25, 0.3) is 0 Å². The van der Waals surface area contributed by atoms with E-state index in [1.54, 1.807) is 48.8 Å². The van der Waals surface area contributed by atoms with Gasteiger partial charge in [-0.3, -0.25) is 9.98 Å². The molecule has 0 unspecified atom stereocenters. The lowest BCUT2D eigenvalue weighted by Crippen LogP contribution is -2.04. The van der Waals surface area contributed by atoms with Gasteiger partial charge in [-0.2, -0.15) is 0 Å². The van der Waals surface area contributed by atoms with Crippen LogP contribution in [0, 0.1) is 0 Å². The third-order valence-electron chi connectivity index (χ3n) is 8.50. The molecule has 12 heteroatoms. The minimum Gasteiger partial charge on any atom is -0.494 e. The lowest BCUT2D eigenvalue weighted by atomic mass is 10.1. The van der Waals surface area contributed by atoms with E-state index in [1.807, 2.05) is 60.7 Å². The first kappa shape index (κ1) is 47.6. The Morgan fingerprint density at radius 1 is 0.467 bits per heavy atom. The Morgan fingerprint density at radius 3 is 1.23 bits per heavy atom. The van der Waals surface area contributed by atoms with Crippen molar-refractivity contribution < 1.29 is 47.6 Å². The predicted octanol–water partition coefficient (Wildman–Crippen LogP) is 9.78. The number of ether oxygens (including phenoxy) is 6. The van der Waals surface area contributed by atoms with Crippen LogP contribution in [-0.4, -0.2) is 77.0 Å². The SMILES string of the molecule is C=CC(=O)OCCCCCCCCOc1ccc(N=Cc2ccc(C(=O)OC)cc2)cc1.C=CC(=O)OCCCCOc1ccc(C=Nc2ccc(C(=O)OC)cc2)cc1. The number of nitrogens with zero attached hydrogens (tertiary/aromatic N) is 2. The minimum absolute atomic E-state index is 0.353. The summed E-state index contributed by atoms with van der Waals surface area (Å²) >= 11 is 0. The topological polar surface area (TPSA) is 148 Å². The zero-order valence-corrected chi connectivity index (χ0v) is 34.4. The lowest BCUT2D eigenvalue weighted by molar-refractivity contribution is -0.138. The van der Waals surface area contributed by atoms with Crippen LogP contribution in [0.15, 0.2) is 132 Å². The fourth-order valence-corrected chi connectivity index (χ4v) is 5.16. The number of rotatable bonds is 24. The maximum atomic E-state index is 11.5. The number of carbonyl (C=O) groups excluding carboxylic acids is 4. The van der Waals surface area contributed by atoms with Crippen molar-refractivity contribution in [2.24, 2.45) is 9.98 Å². The average molecular weight is 819 g/mol. The van der Waals surface area contributed by atoms with Crippen LogP contribution >= 0.6 is 0 Å². The van der Waals surface area contributed by atoms with Crippen LogP contribution in [0.3, 0.4) is 0 Å². The monoisotopic (exact) mass is 818 g/mol. The molecule has 12 nitrogen and oxygen atoms in total. The highest BCUT2D eigenvalue weighted by molar-refractivity contribution is 5.91. The third-order valence-corrected chi connectivity index (χ3v) is 8.50. The fraction of sp³-hybridized carbons (Fsp3) is 0.292. The molecule has 0 bridgehead atoms. The van der Waals surface area contributed by atoms with Crippen molar-refractivity contribution in [3.8, 4) is 11.5 Å². The maximum absolute atomic E-state index is 11.5. The molecule has 0 N–H and O–H groups in total. The summed E-state index contributed by atoms with van der Waals surface area (Å²) in [6, 6.07) is 29.2. The Labute approximate surface area is 352 Å². The molecule has 0 aliphatic carbocycles. The van der Waals surface area contributed by atoms with E-state index in [1.165, 1.54) is 20.3 Å². The normalized spacial score (nSPS) is 10.6. The highest BCUT2D eigenvalue weighted by atomic mass is 16.5. The summed E-state index contributed by atoms with van der Waals surface area (Å²) in [7, 11) is 2.71. The summed E-state index contributed by atoms with van der Waals surface area (Å²) in [4.78, 5) is 53.5. The van der Waals surface area contributed by atoms with E-state index in [0.717, 1.165) is 91.4 Å². The van der Waals surface area contributed by atoms with Crippen LogP contribution in [0.2, 0.25) is 0 Å². The van der Waals surface area contributed by atoms with Crippen molar-refractivity contribution in [3.05, 3.63) is 145 Å². The molecular weight excluding hydrogens is 765 g/mol. The van der Waals surface area contributed by atoms with Crippen molar-refractivity contribution in [2.75, 3.05) is 40.6 Å². The third kappa shape index (κ3) is 19.6. The summed E-state index contributed by atoms with van der Waals surface area (Å²) in [6.45, 7) is 8.78. The summed E-state index contributed by atoms with van der Waals surface area (Å²) in [5.74, 6) is 0.112. The fourth-order valence-electron chi connectivity index (χ4n) is 5.16. The molecule has 0 heterocycles. The Balaban J connectivity index is 0.000000323. The Bertz CT molecular complexity index is 1970. The van der Waals surface area contributed by atoms with Gasteiger partial charge in [0.25, 0.3) is 0 Å². The van der Waals surface area contributed by atoms with E-state index < -0.39 is 5.97 Å². The van der Waals surface area contributed by atoms with Crippen LogP contribution in [0.4, 0.5) is 11.4 Å². The van der Waals surface area contributed by atoms with E-state index >= 15 is 0 Å². The highest BCUT2D eigenvalue weighted by Crippen LogP contribution is 2.19. The molecule has 4 aromatic carbocycles. The molecule has 0 aliphatic heterocycles. The molecule has 0 aliphatic rings. The first-order valence-electron chi connectivity index (χ1n) is 19.7. The maximum Gasteiger partial charge on any atom is 0.337 e. The molecule has 0 amide bonds. The zero-order valence-electron chi connectivity index (χ0n) is 34.4. The van der Waals surface area contributed by atoms with Gasteiger partial charge in [0.05, 0.1) is 63.1 Å². The Kier molecular flexibility index (Phi) is 22.6. The van der Waals surface area contributed by atoms with Gasteiger partial charge in [0.15, 0.2) is 0 Å². The van der Waals surface area contributed by atoms with Gasteiger partial charge in [0.2, 0.25) is 0 Å². The number of carbonyl (C=O) groups is 4. The van der Waals surface area contributed by atoms with Crippen molar-refractivity contribution >= 4 is 47.7 Å². The number of esters is 4. The predicted molar refractivity (Wildman–Crippen MR) is 233 cm³/mol. The average Bonchev–Trinajstić information content (AvgIpc) is 3.29. The second-order valence-corrected chi connectivity index (χ2v) is 13.0. The molecule has 0 spiro atoms. The van der Waals surface area contributed by atoms with Gasteiger partial charge in [-0.05, 0) is 122 Å². The van der Waals surface area contributed by atoms with Crippen LogP contribution < -0.4 is 9.47 Å². The number of unbranched alkanes of at least 4 members (excludes halogenated alkanes) is 6. The number of methoxy groups -OCH3 is 2. The largest absolute Gasteiger partial charge is 0.494 e. The molecule has 0 aromatic heterocycles. The van der Waals surface area contributed by atoms with Crippen molar-refractivity contribution in [1.29, 1.82) is 0 Å². The number of benzene rings is 4. The first-order chi connectivity index (χ1) is 29.2. The van der Waals surface area contributed by atoms with E-state index in [2.05, 4.69) is 27.9 Å². The van der Waals surface area contributed by atoms with Crippen molar-refractivity contribution in [2.45, 2.75) is 51.4 Å². The lowest BCUT2D eigenvalue weighted by Gasteiger charge is -2.06. The molecular formula is C48H54N2O10. The molecule has 0 fully saturated rings. The second-order valence-electron chi connectivity index (χ2n) is 13.0. The van der Waals surface area contributed by atoms with Gasteiger partial charge in [0.1, 0.15) is 11.5 Å². The molecule has 0 atom stereocenters. The van der Waals surface area contributed by atoms with Gasteiger partial charge < -0.3 is 28.4 Å². The molecule has 0 saturated carbocycles. The zero-order chi connectivity index (χ0) is 43.2. The number of hydrogen-bond donors (Lipinski definition) is 0. The van der Waals surface area contributed by atoms with Crippen LogP contribution in [-0.2, 0) is 28.5 Å². The van der Waals surface area contributed by atoms with Gasteiger partial charge in [-0.15, -0.1) is 0 Å². The van der Waals surface area contributed by atoms with Crippen molar-refractivity contribution in [3.63, 3.8) is 0 Å². The first-order valence-corrected chi connectivity index (χ1v) is 19.7. The summed E-state index contributed by atoms with van der Waals surface area (Å²) < 4.78 is 30.6.